The Labute approximate surface area is 122 Å². The second-order valence-electron chi connectivity index (χ2n) is 4.19. The summed E-state index contributed by atoms with van der Waals surface area (Å²) in [4.78, 5) is 16.1. The van der Waals surface area contributed by atoms with Crippen LogP contribution < -0.4 is 20.5 Å². The first kappa shape index (κ1) is 14.6. The number of aromatic nitrogens is 1. The van der Waals surface area contributed by atoms with Crippen LogP contribution in [0.15, 0.2) is 36.5 Å². The molecule has 0 fully saturated rings. The van der Waals surface area contributed by atoms with E-state index in [9.17, 15) is 4.79 Å². The van der Waals surface area contributed by atoms with E-state index in [1.807, 2.05) is 6.92 Å². The Hall–Kier alpha value is -2.76. The number of hydrogen-bond donors (Lipinski definition) is 2. The van der Waals surface area contributed by atoms with Crippen molar-refractivity contribution in [1.82, 2.24) is 4.98 Å². The van der Waals surface area contributed by atoms with E-state index in [1.54, 1.807) is 37.4 Å². The van der Waals surface area contributed by atoms with Gasteiger partial charge in [0.05, 0.1) is 19.4 Å². The van der Waals surface area contributed by atoms with Crippen LogP contribution in [0.3, 0.4) is 0 Å². The van der Waals surface area contributed by atoms with Gasteiger partial charge in [-0.1, -0.05) is 0 Å². The summed E-state index contributed by atoms with van der Waals surface area (Å²) >= 11 is 0. The first-order valence-corrected chi connectivity index (χ1v) is 6.48. The van der Waals surface area contributed by atoms with Gasteiger partial charge < -0.3 is 20.5 Å². The van der Waals surface area contributed by atoms with Crippen LogP contribution >= 0.6 is 0 Å². The van der Waals surface area contributed by atoms with Gasteiger partial charge in [-0.05, 0) is 31.2 Å². The summed E-state index contributed by atoms with van der Waals surface area (Å²) < 4.78 is 10.7. The molecule has 6 heteroatoms. The number of methoxy groups -OCH3 is 1. The summed E-state index contributed by atoms with van der Waals surface area (Å²) in [6, 6.07) is 8.44. The molecule has 0 saturated heterocycles. The van der Waals surface area contributed by atoms with E-state index >= 15 is 0 Å². The maximum absolute atomic E-state index is 12.1. The standard InChI is InChI=1S/C15H17N3O3/c1-3-21-12-7-6-10(9-13(12)20-2)18-15(19)14-11(16)5-4-8-17-14/h4-9H,3,16H2,1-2H3,(H,18,19). The third kappa shape index (κ3) is 3.42. The number of carbonyl (C=O) groups excluding carboxylic acids is 1. The Morgan fingerprint density at radius 1 is 1.33 bits per heavy atom. The molecule has 0 atom stereocenters. The van der Waals surface area contributed by atoms with Crippen LogP contribution in [-0.4, -0.2) is 24.6 Å². The maximum atomic E-state index is 12.1. The van der Waals surface area contributed by atoms with Crippen molar-refractivity contribution in [3.05, 3.63) is 42.2 Å². The fraction of sp³-hybridized carbons (Fsp3) is 0.200. The number of nitrogen functional groups attached to an aromatic ring is 1. The topological polar surface area (TPSA) is 86.5 Å². The zero-order valence-corrected chi connectivity index (χ0v) is 11.9. The first-order chi connectivity index (χ1) is 10.2. The van der Waals surface area contributed by atoms with Crippen LogP contribution in [0.2, 0.25) is 0 Å². The van der Waals surface area contributed by atoms with Gasteiger partial charge in [-0.3, -0.25) is 4.79 Å². The highest BCUT2D eigenvalue weighted by Gasteiger charge is 2.12. The van der Waals surface area contributed by atoms with Crippen LogP contribution in [-0.2, 0) is 0 Å². The van der Waals surface area contributed by atoms with Gasteiger partial charge in [-0.25, -0.2) is 4.98 Å². The monoisotopic (exact) mass is 287 g/mol. The minimum Gasteiger partial charge on any atom is -0.493 e. The van der Waals surface area contributed by atoms with Crippen molar-refractivity contribution in [1.29, 1.82) is 0 Å². The van der Waals surface area contributed by atoms with E-state index in [0.29, 0.717) is 29.5 Å². The van der Waals surface area contributed by atoms with Crippen LogP contribution in [0.5, 0.6) is 11.5 Å². The van der Waals surface area contributed by atoms with E-state index in [1.165, 1.54) is 6.20 Å². The van der Waals surface area contributed by atoms with Gasteiger partial charge in [-0.2, -0.15) is 0 Å². The minimum atomic E-state index is -0.376. The predicted octanol–water partition coefficient (Wildman–Crippen LogP) is 2.32. The Balaban J connectivity index is 2.20. The van der Waals surface area contributed by atoms with E-state index in [2.05, 4.69) is 10.3 Å². The first-order valence-electron chi connectivity index (χ1n) is 6.48. The van der Waals surface area contributed by atoms with E-state index < -0.39 is 0 Å². The molecule has 1 heterocycles. The second kappa shape index (κ2) is 6.60. The number of benzene rings is 1. The van der Waals surface area contributed by atoms with Gasteiger partial charge in [0.15, 0.2) is 17.2 Å². The van der Waals surface area contributed by atoms with Crippen LogP contribution in [0.4, 0.5) is 11.4 Å². The quantitative estimate of drug-likeness (QED) is 0.881. The van der Waals surface area contributed by atoms with Gasteiger partial charge in [0.25, 0.3) is 5.91 Å². The lowest BCUT2D eigenvalue weighted by molar-refractivity contribution is 0.102. The third-order valence-electron chi connectivity index (χ3n) is 2.78. The summed E-state index contributed by atoms with van der Waals surface area (Å²) in [6.07, 6.45) is 1.52. The molecule has 0 aliphatic rings. The molecule has 1 aromatic carbocycles. The fourth-order valence-electron chi connectivity index (χ4n) is 1.82. The molecular weight excluding hydrogens is 270 g/mol. The zero-order valence-electron chi connectivity index (χ0n) is 11.9. The summed E-state index contributed by atoms with van der Waals surface area (Å²) in [7, 11) is 1.54. The summed E-state index contributed by atoms with van der Waals surface area (Å²) in [5.74, 6) is 0.790. The third-order valence-corrected chi connectivity index (χ3v) is 2.78. The van der Waals surface area contributed by atoms with Crippen molar-refractivity contribution >= 4 is 17.3 Å². The number of anilines is 2. The Bertz CT molecular complexity index is 644. The molecule has 21 heavy (non-hydrogen) atoms. The molecule has 1 aromatic heterocycles. The van der Waals surface area contributed by atoms with Gasteiger partial charge in [0, 0.05) is 18.0 Å². The molecular formula is C15H17N3O3. The van der Waals surface area contributed by atoms with Crippen LogP contribution in [0.1, 0.15) is 17.4 Å². The maximum Gasteiger partial charge on any atom is 0.276 e. The Morgan fingerprint density at radius 3 is 2.81 bits per heavy atom. The van der Waals surface area contributed by atoms with Gasteiger partial charge in [0.1, 0.15) is 0 Å². The summed E-state index contributed by atoms with van der Waals surface area (Å²) in [5, 5.41) is 2.73. The number of carbonyl (C=O) groups is 1. The van der Waals surface area contributed by atoms with Crippen LogP contribution in [0, 0.1) is 0 Å². The number of nitrogens with zero attached hydrogens (tertiary/aromatic N) is 1. The molecule has 2 rings (SSSR count). The predicted molar refractivity (Wildman–Crippen MR) is 80.8 cm³/mol. The molecule has 0 saturated carbocycles. The highest BCUT2D eigenvalue weighted by molar-refractivity contribution is 6.06. The van der Waals surface area contributed by atoms with Crippen molar-refractivity contribution in [3.8, 4) is 11.5 Å². The number of nitrogens with two attached hydrogens (primary N) is 1. The van der Waals surface area contributed by atoms with Crippen molar-refractivity contribution in [3.63, 3.8) is 0 Å². The molecule has 0 radical (unpaired) electrons. The minimum absolute atomic E-state index is 0.186. The SMILES string of the molecule is CCOc1ccc(NC(=O)c2ncccc2N)cc1OC. The molecule has 0 aliphatic heterocycles. The fourth-order valence-corrected chi connectivity index (χ4v) is 1.82. The summed E-state index contributed by atoms with van der Waals surface area (Å²) in [5.41, 5.74) is 6.81. The lowest BCUT2D eigenvalue weighted by Crippen LogP contribution is -2.15. The van der Waals surface area contributed by atoms with Crippen molar-refractivity contribution in [2.24, 2.45) is 0 Å². The second-order valence-corrected chi connectivity index (χ2v) is 4.19. The molecule has 0 aliphatic carbocycles. The Morgan fingerprint density at radius 2 is 2.14 bits per heavy atom. The number of rotatable bonds is 5. The van der Waals surface area contributed by atoms with E-state index in [-0.39, 0.29) is 11.6 Å². The van der Waals surface area contributed by atoms with Gasteiger partial charge in [0.2, 0.25) is 0 Å². The van der Waals surface area contributed by atoms with Gasteiger partial charge >= 0.3 is 0 Å². The van der Waals surface area contributed by atoms with Crippen molar-refractivity contribution in [2.75, 3.05) is 24.8 Å². The number of hydrogen-bond acceptors (Lipinski definition) is 5. The molecule has 2 aromatic rings. The average Bonchev–Trinajstić information content (AvgIpc) is 2.49. The molecule has 0 spiro atoms. The molecule has 110 valence electrons. The molecule has 6 nitrogen and oxygen atoms in total. The smallest absolute Gasteiger partial charge is 0.276 e. The molecule has 0 unspecified atom stereocenters. The largest absolute Gasteiger partial charge is 0.493 e. The molecule has 3 N–H and O–H groups in total. The molecule has 1 amide bonds. The van der Waals surface area contributed by atoms with Crippen molar-refractivity contribution in [2.45, 2.75) is 6.92 Å². The number of nitrogens with one attached hydrogen (secondary N) is 1. The van der Waals surface area contributed by atoms with E-state index in [4.69, 9.17) is 15.2 Å². The number of amides is 1. The molecule has 0 bridgehead atoms. The lowest BCUT2D eigenvalue weighted by Gasteiger charge is -2.12. The number of ether oxygens (including phenoxy) is 2. The van der Waals surface area contributed by atoms with Crippen molar-refractivity contribution < 1.29 is 14.3 Å². The lowest BCUT2D eigenvalue weighted by atomic mass is 10.2. The zero-order chi connectivity index (χ0) is 15.2. The normalized spacial score (nSPS) is 10.0. The Kier molecular flexibility index (Phi) is 4.61. The van der Waals surface area contributed by atoms with E-state index in [0.717, 1.165) is 0 Å². The van der Waals surface area contributed by atoms with Gasteiger partial charge in [-0.15, -0.1) is 0 Å². The number of pyridine rings is 1. The highest BCUT2D eigenvalue weighted by Crippen LogP contribution is 2.30. The highest BCUT2D eigenvalue weighted by atomic mass is 16.5. The van der Waals surface area contributed by atoms with Crippen LogP contribution in [0.25, 0.3) is 0 Å². The summed E-state index contributed by atoms with van der Waals surface area (Å²) in [6.45, 7) is 2.42. The average molecular weight is 287 g/mol.